The van der Waals surface area contributed by atoms with Gasteiger partial charge in [-0.15, -0.1) is 0 Å². The molecule has 104 valence electrons. The molecule has 1 aromatic heterocycles. The number of carbonyl (C=O) groups is 1. The van der Waals surface area contributed by atoms with Crippen molar-refractivity contribution in [3.8, 4) is 0 Å². The van der Waals surface area contributed by atoms with Gasteiger partial charge in [0, 0.05) is 29.6 Å². The first-order valence-electron chi connectivity index (χ1n) is 5.61. The van der Waals surface area contributed by atoms with E-state index in [1.165, 1.54) is 0 Å². The van der Waals surface area contributed by atoms with Crippen molar-refractivity contribution in [3.63, 3.8) is 0 Å². The molecule has 8 heteroatoms. The number of aryl methyl sites for hydroxylation is 1. The lowest BCUT2D eigenvalue weighted by atomic mass is 10.1. The van der Waals surface area contributed by atoms with Gasteiger partial charge in [0.1, 0.15) is 4.60 Å². The predicted octanol–water partition coefficient (Wildman–Crippen LogP) is 2.07. The van der Waals surface area contributed by atoms with Crippen molar-refractivity contribution in [2.75, 3.05) is 17.2 Å². The monoisotopic (exact) mass is 366 g/mol. The second-order valence-electron chi connectivity index (χ2n) is 4.58. The van der Waals surface area contributed by atoms with Crippen LogP contribution in [0.25, 0.3) is 0 Å². The molecule has 0 spiro atoms. The molecular weight excluding hydrogens is 356 g/mol. The molecule has 0 aliphatic carbocycles. The third kappa shape index (κ3) is 3.67. The Balaban J connectivity index is 2.18. The number of halogens is 2. The summed E-state index contributed by atoms with van der Waals surface area (Å²) in [6, 6.07) is 1.84. The van der Waals surface area contributed by atoms with Crippen LogP contribution in [0, 0.1) is 12.8 Å². The second kappa shape index (κ2) is 5.38. The second-order valence-corrected chi connectivity index (χ2v) is 8.15. The highest BCUT2D eigenvalue weighted by Crippen LogP contribution is 2.28. The van der Waals surface area contributed by atoms with Crippen LogP contribution < -0.4 is 4.90 Å². The van der Waals surface area contributed by atoms with E-state index >= 15 is 0 Å². The summed E-state index contributed by atoms with van der Waals surface area (Å²) >= 11 is 3.29. The molecule has 0 radical (unpaired) electrons. The zero-order chi connectivity index (χ0) is 14.2. The SMILES string of the molecule is Cc1cc(N2CC(CS(=O)(=O)Cl)CC2=O)cnc1Br. The van der Waals surface area contributed by atoms with Gasteiger partial charge in [-0.1, -0.05) is 0 Å². The van der Waals surface area contributed by atoms with E-state index in [0.717, 1.165) is 10.2 Å². The molecule has 1 fully saturated rings. The number of anilines is 1. The molecule has 0 saturated carbocycles. The highest BCUT2D eigenvalue weighted by molar-refractivity contribution is 9.10. The van der Waals surface area contributed by atoms with Crippen LogP contribution in [0.5, 0.6) is 0 Å². The topological polar surface area (TPSA) is 67.3 Å². The third-order valence-corrected chi connectivity index (χ3v) is 5.03. The summed E-state index contributed by atoms with van der Waals surface area (Å²) in [5.41, 5.74) is 1.60. The van der Waals surface area contributed by atoms with Crippen LogP contribution in [0.15, 0.2) is 16.9 Å². The molecule has 1 amide bonds. The van der Waals surface area contributed by atoms with Crippen LogP contribution in [0.4, 0.5) is 5.69 Å². The Morgan fingerprint density at radius 1 is 1.58 bits per heavy atom. The number of pyridine rings is 1. The molecule has 5 nitrogen and oxygen atoms in total. The van der Waals surface area contributed by atoms with Gasteiger partial charge < -0.3 is 4.90 Å². The molecule has 1 aromatic rings. The zero-order valence-corrected chi connectivity index (χ0v) is 13.3. The van der Waals surface area contributed by atoms with Gasteiger partial charge in [0.25, 0.3) is 0 Å². The van der Waals surface area contributed by atoms with Crippen molar-refractivity contribution in [3.05, 3.63) is 22.4 Å². The lowest BCUT2D eigenvalue weighted by molar-refractivity contribution is -0.117. The largest absolute Gasteiger partial charge is 0.311 e. The van der Waals surface area contributed by atoms with Crippen LogP contribution in [-0.2, 0) is 13.8 Å². The van der Waals surface area contributed by atoms with Gasteiger partial charge in [-0.3, -0.25) is 4.79 Å². The van der Waals surface area contributed by atoms with Crippen molar-refractivity contribution < 1.29 is 13.2 Å². The summed E-state index contributed by atoms with van der Waals surface area (Å²) in [5.74, 6) is -0.549. The number of amides is 1. The van der Waals surface area contributed by atoms with E-state index < -0.39 is 9.05 Å². The van der Waals surface area contributed by atoms with Crippen LogP contribution in [0.3, 0.4) is 0 Å². The van der Waals surface area contributed by atoms with Crippen LogP contribution in [-0.4, -0.2) is 31.6 Å². The smallest absolute Gasteiger partial charge is 0.232 e. The van der Waals surface area contributed by atoms with Gasteiger partial charge >= 0.3 is 0 Å². The Morgan fingerprint density at radius 2 is 2.26 bits per heavy atom. The van der Waals surface area contributed by atoms with Crippen molar-refractivity contribution in [1.82, 2.24) is 4.98 Å². The van der Waals surface area contributed by atoms with Crippen molar-refractivity contribution in [1.29, 1.82) is 0 Å². The molecule has 19 heavy (non-hydrogen) atoms. The third-order valence-electron chi connectivity index (χ3n) is 2.95. The first kappa shape index (κ1) is 14.7. The number of hydrogen-bond acceptors (Lipinski definition) is 4. The maximum Gasteiger partial charge on any atom is 0.232 e. The minimum absolute atomic E-state index is 0.103. The van der Waals surface area contributed by atoms with Crippen LogP contribution >= 0.6 is 26.6 Å². The molecule has 2 heterocycles. The van der Waals surface area contributed by atoms with Crippen molar-refractivity contribution >= 4 is 47.3 Å². The summed E-state index contributed by atoms with van der Waals surface area (Å²) in [5, 5.41) is 0. The van der Waals surface area contributed by atoms with Gasteiger partial charge in [-0.2, -0.15) is 0 Å². The first-order valence-corrected chi connectivity index (χ1v) is 8.88. The summed E-state index contributed by atoms with van der Waals surface area (Å²) in [6.07, 6.45) is 1.79. The maximum atomic E-state index is 11.9. The Labute approximate surface area is 124 Å². The first-order chi connectivity index (χ1) is 8.76. The Bertz CT molecular complexity index is 620. The number of nitrogens with zero attached hydrogens (tertiary/aromatic N) is 2. The average Bonchev–Trinajstić information content (AvgIpc) is 2.61. The molecular formula is C11H12BrClN2O3S. The molecule has 1 aliphatic heterocycles. The number of hydrogen-bond donors (Lipinski definition) is 0. The lowest BCUT2D eigenvalue weighted by Gasteiger charge is -2.17. The summed E-state index contributed by atoms with van der Waals surface area (Å²) in [4.78, 5) is 17.6. The molecule has 1 atom stereocenters. The number of carbonyl (C=O) groups excluding carboxylic acids is 1. The van der Waals surface area contributed by atoms with E-state index in [-0.39, 0.29) is 24.0 Å². The fraction of sp³-hybridized carbons (Fsp3) is 0.455. The summed E-state index contributed by atoms with van der Waals surface area (Å²) < 4.78 is 22.8. The highest BCUT2D eigenvalue weighted by Gasteiger charge is 2.33. The number of rotatable bonds is 3. The van der Waals surface area contributed by atoms with E-state index in [4.69, 9.17) is 10.7 Å². The molecule has 1 unspecified atom stereocenters. The van der Waals surface area contributed by atoms with Gasteiger partial charge in [0.15, 0.2) is 0 Å². The molecule has 1 saturated heterocycles. The van der Waals surface area contributed by atoms with Gasteiger partial charge in [0.05, 0.1) is 17.6 Å². The lowest BCUT2D eigenvalue weighted by Crippen LogP contribution is -2.25. The molecule has 1 aliphatic rings. The van der Waals surface area contributed by atoms with E-state index in [2.05, 4.69) is 20.9 Å². The van der Waals surface area contributed by atoms with Crippen molar-refractivity contribution in [2.24, 2.45) is 5.92 Å². The van der Waals surface area contributed by atoms with Gasteiger partial charge in [-0.05, 0) is 34.5 Å². The van der Waals surface area contributed by atoms with E-state index in [1.54, 1.807) is 11.1 Å². The minimum atomic E-state index is -3.58. The fourth-order valence-corrected chi connectivity index (χ4v) is 3.65. The highest BCUT2D eigenvalue weighted by atomic mass is 79.9. The number of aromatic nitrogens is 1. The predicted molar refractivity (Wildman–Crippen MR) is 76.8 cm³/mol. The van der Waals surface area contributed by atoms with Crippen LogP contribution in [0.1, 0.15) is 12.0 Å². The van der Waals surface area contributed by atoms with E-state index in [9.17, 15) is 13.2 Å². The minimum Gasteiger partial charge on any atom is -0.311 e. The quantitative estimate of drug-likeness (QED) is 0.606. The summed E-state index contributed by atoms with van der Waals surface area (Å²) in [7, 11) is 1.64. The molecule has 2 rings (SSSR count). The Hall–Kier alpha value is -0.660. The molecule has 0 N–H and O–H groups in total. The Morgan fingerprint density at radius 3 is 2.84 bits per heavy atom. The van der Waals surface area contributed by atoms with E-state index in [1.807, 2.05) is 13.0 Å². The standard InChI is InChI=1S/C11H12BrClN2O3S/c1-7-2-9(4-14-11(7)12)15-5-8(3-10(15)16)6-19(13,17)18/h2,4,8H,3,5-6H2,1H3. The fourth-order valence-electron chi connectivity index (χ4n) is 2.12. The van der Waals surface area contributed by atoms with Gasteiger partial charge in [0.2, 0.25) is 15.0 Å². The maximum absolute atomic E-state index is 11.9. The van der Waals surface area contributed by atoms with E-state index in [0.29, 0.717) is 12.2 Å². The molecule has 0 aromatic carbocycles. The van der Waals surface area contributed by atoms with Gasteiger partial charge in [-0.25, -0.2) is 13.4 Å². The molecule has 0 bridgehead atoms. The normalized spacial score (nSPS) is 20.1. The zero-order valence-electron chi connectivity index (χ0n) is 10.1. The Kier molecular flexibility index (Phi) is 4.17. The summed E-state index contributed by atoms with van der Waals surface area (Å²) in [6.45, 7) is 2.23. The van der Waals surface area contributed by atoms with Crippen LogP contribution in [0.2, 0.25) is 0 Å². The van der Waals surface area contributed by atoms with Crippen molar-refractivity contribution in [2.45, 2.75) is 13.3 Å². The average molecular weight is 368 g/mol.